The zero-order valence-electron chi connectivity index (χ0n) is 19.8. The molecule has 5 aromatic carbocycles. The van der Waals surface area contributed by atoms with Crippen LogP contribution in [0.3, 0.4) is 0 Å². The van der Waals surface area contributed by atoms with Crippen LogP contribution in [0, 0.1) is 0 Å². The van der Waals surface area contributed by atoms with E-state index in [1.165, 1.54) is 0 Å². The predicted octanol–water partition coefficient (Wildman–Crippen LogP) is 7.19. The maximum Gasteiger partial charge on any atom is 0.0781 e. The van der Waals surface area contributed by atoms with Crippen LogP contribution < -0.4 is 11.5 Å². The van der Waals surface area contributed by atoms with Crippen molar-refractivity contribution in [3.63, 3.8) is 0 Å². The molecule has 0 bridgehead atoms. The van der Waals surface area contributed by atoms with Gasteiger partial charge in [0.2, 0.25) is 0 Å². The molecule has 0 spiro atoms. The predicted molar refractivity (Wildman–Crippen MR) is 152 cm³/mol. The standard InChI is InChI=1S/C32H26N4/c33-27-15-11-25(12-16-27)31(23-7-3-1-4-8-23)35-29-19-21-30(22-20-29)36-32(24-9-5-2-6-10-24)26-13-17-28(34)18-14-26/h1-22H,33-34H2. The molecule has 0 atom stereocenters. The van der Waals surface area contributed by atoms with Gasteiger partial charge in [-0.3, -0.25) is 0 Å². The van der Waals surface area contributed by atoms with Crippen LogP contribution in [0.2, 0.25) is 0 Å². The summed E-state index contributed by atoms with van der Waals surface area (Å²) in [5.41, 5.74) is 20.8. The van der Waals surface area contributed by atoms with Gasteiger partial charge in [-0.2, -0.15) is 0 Å². The first-order valence-electron chi connectivity index (χ1n) is 11.8. The summed E-state index contributed by atoms with van der Waals surface area (Å²) in [7, 11) is 0. The lowest BCUT2D eigenvalue weighted by Gasteiger charge is -2.10. The Balaban J connectivity index is 1.52. The molecule has 0 aromatic heterocycles. The molecule has 5 rings (SSSR count). The Labute approximate surface area is 211 Å². The minimum atomic E-state index is 0.726. The molecule has 0 heterocycles. The molecule has 0 aliphatic carbocycles. The zero-order valence-corrected chi connectivity index (χ0v) is 19.8. The van der Waals surface area contributed by atoms with Gasteiger partial charge in [-0.05, 0) is 48.5 Å². The molecule has 0 aliphatic heterocycles. The van der Waals surface area contributed by atoms with Crippen molar-refractivity contribution >= 4 is 34.2 Å². The molecule has 0 radical (unpaired) electrons. The lowest BCUT2D eigenvalue weighted by Crippen LogP contribution is -2.03. The first-order chi connectivity index (χ1) is 17.7. The summed E-state index contributed by atoms with van der Waals surface area (Å²) in [6, 6.07) is 43.9. The van der Waals surface area contributed by atoms with Crippen LogP contribution in [-0.2, 0) is 0 Å². The van der Waals surface area contributed by atoms with Crippen LogP contribution in [0.1, 0.15) is 22.3 Å². The number of nitrogens with two attached hydrogens (primary N) is 2. The largest absolute Gasteiger partial charge is 0.399 e. The second-order valence-electron chi connectivity index (χ2n) is 8.41. The Morgan fingerprint density at radius 1 is 0.361 bits per heavy atom. The van der Waals surface area contributed by atoms with Gasteiger partial charge in [0, 0.05) is 33.6 Å². The topological polar surface area (TPSA) is 76.8 Å². The van der Waals surface area contributed by atoms with E-state index in [0.717, 1.165) is 56.4 Å². The molecule has 4 N–H and O–H groups in total. The van der Waals surface area contributed by atoms with Gasteiger partial charge in [0.1, 0.15) is 0 Å². The smallest absolute Gasteiger partial charge is 0.0781 e. The summed E-state index contributed by atoms with van der Waals surface area (Å²) in [6.45, 7) is 0. The van der Waals surface area contributed by atoms with E-state index in [0.29, 0.717) is 0 Å². The Hall–Kier alpha value is -4.96. The van der Waals surface area contributed by atoms with Gasteiger partial charge in [-0.1, -0.05) is 84.9 Å². The van der Waals surface area contributed by atoms with Gasteiger partial charge in [0.05, 0.1) is 22.8 Å². The first-order valence-corrected chi connectivity index (χ1v) is 11.8. The lowest BCUT2D eigenvalue weighted by atomic mass is 10.0. The maximum absolute atomic E-state index is 5.91. The fourth-order valence-corrected chi connectivity index (χ4v) is 3.93. The van der Waals surface area contributed by atoms with E-state index < -0.39 is 0 Å². The van der Waals surface area contributed by atoms with Crippen molar-refractivity contribution in [2.75, 3.05) is 11.5 Å². The summed E-state index contributed by atoms with van der Waals surface area (Å²) in [6.07, 6.45) is 0. The van der Waals surface area contributed by atoms with Crippen molar-refractivity contribution in [3.8, 4) is 0 Å². The van der Waals surface area contributed by atoms with Gasteiger partial charge >= 0.3 is 0 Å². The summed E-state index contributed by atoms with van der Waals surface area (Å²) in [5, 5.41) is 0. The third-order valence-electron chi connectivity index (χ3n) is 5.79. The minimum Gasteiger partial charge on any atom is -0.399 e. The summed E-state index contributed by atoms with van der Waals surface area (Å²) < 4.78 is 0. The number of hydrogen-bond donors (Lipinski definition) is 2. The highest BCUT2D eigenvalue weighted by molar-refractivity contribution is 6.15. The number of hydrogen-bond acceptors (Lipinski definition) is 4. The monoisotopic (exact) mass is 466 g/mol. The van der Waals surface area contributed by atoms with Gasteiger partial charge in [-0.25, -0.2) is 9.98 Å². The third-order valence-corrected chi connectivity index (χ3v) is 5.79. The lowest BCUT2D eigenvalue weighted by molar-refractivity contribution is 1.44. The van der Waals surface area contributed by atoms with Crippen LogP contribution in [0.15, 0.2) is 143 Å². The first kappa shape index (κ1) is 22.8. The van der Waals surface area contributed by atoms with E-state index in [4.69, 9.17) is 21.5 Å². The van der Waals surface area contributed by atoms with E-state index in [9.17, 15) is 0 Å². The van der Waals surface area contributed by atoms with Crippen molar-refractivity contribution < 1.29 is 0 Å². The highest BCUT2D eigenvalue weighted by atomic mass is 14.8. The average Bonchev–Trinajstić information content (AvgIpc) is 2.93. The molecule has 36 heavy (non-hydrogen) atoms. The second kappa shape index (κ2) is 10.5. The molecule has 0 unspecified atom stereocenters. The van der Waals surface area contributed by atoms with Crippen LogP contribution in [0.25, 0.3) is 0 Å². The normalized spacial score (nSPS) is 11.9. The molecule has 5 aromatic rings. The molecule has 0 amide bonds. The van der Waals surface area contributed by atoms with Crippen molar-refractivity contribution in [1.82, 2.24) is 0 Å². The van der Waals surface area contributed by atoms with Crippen LogP contribution in [0.4, 0.5) is 22.7 Å². The van der Waals surface area contributed by atoms with E-state index in [-0.39, 0.29) is 0 Å². The highest BCUT2D eigenvalue weighted by Crippen LogP contribution is 2.24. The van der Waals surface area contributed by atoms with Crippen LogP contribution >= 0.6 is 0 Å². The van der Waals surface area contributed by atoms with Crippen molar-refractivity contribution in [1.29, 1.82) is 0 Å². The second-order valence-corrected chi connectivity index (χ2v) is 8.41. The van der Waals surface area contributed by atoms with Crippen LogP contribution in [0.5, 0.6) is 0 Å². The van der Waals surface area contributed by atoms with Gasteiger partial charge < -0.3 is 11.5 Å². The van der Waals surface area contributed by atoms with Gasteiger partial charge in [-0.15, -0.1) is 0 Å². The molecule has 4 nitrogen and oxygen atoms in total. The molecule has 0 aliphatic rings. The SMILES string of the molecule is Nc1ccc(C(=Nc2ccc(N=C(c3ccccc3)c3ccc(N)cc3)cc2)c2ccccc2)cc1. The number of rotatable bonds is 6. The van der Waals surface area contributed by atoms with Gasteiger partial charge in [0.25, 0.3) is 0 Å². The zero-order chi connectivity index (χ0) is 24.7. The average molecular weight is 467 g/mol. The molecule has 0 saturated heterocycles. The van der Waals surface area contributed by atoms with E-state index in [1.807, 2.05) is 109 Å². The number of anilines is 2. The summed E-state index contributed by atoms with van der Waals surface area (Å²) in [5.74, 6) is 0. The Bertz CT molecular complexity index is 1370. The van der Waals surface area contributed by atoms with E-state index >= 15 is 0 Å². The molecule has 174 valence electrons. The summed E-state index contributed by atoms with van der Waals surface area (Å²) in [4.78, 5) is 9.98. The number of nitrogens with zero attached hydrogens (tertiary/aromatic N) is 2. The number of nitrogen functional groups attached to an aromatic ring is 2. The Morgan fingerprint density at radius 2 is 0.667 bits per heavy atom. The maximum atomic E-state index is 5.91. The van der Waals surface area contributed by atoms with Crippen LogP contribution in [-0.4, -0.2) is 11.4 Å². The van der Waals surface area contributed by atoms with Crippen molar-refractivity contribution in [2.24, 2.45) is 9.98 Å². The minimum absolute atomic E-state index is 0.726. The Kier molecular flexibility index (Phi) is 6.68. The molecule has 0 fully saturated rings. The molecule has 0 saturated carbocycles. The molecule has 4 heteroatoms. The van der Waals surface area contributed by atoms with Crippen molar-refractivity contribution in [3.05, 3.63) is 156 Å². The molecular weight excluding hydrogens is 440 g/mol. The number of benzene rings is 5. The quantitative estimate of drug-likeness (QED) is 0.205. The number of aliphatic imine (C=N–C) groups is 2. The van der Waals surface area contributed by atoms with Crippen molar-refractivity contribution in [2.45, 2.75) is 0 Å². The van der Waals surface area contributed by atoms with E-state index in [1.54, 1.807) is 0 Å². The molecular formula is C32H26N4. The fraction of sp³-hybridized carbons (Fsp3) is 0. The summed E-state index contributed by atoms with van der Waals surface area (Å²) >= 11 is 0. The van der Waals surface area contributed by atoms with Gasteiger partial charge in [0.15, 0.2) is 0 Å². The Morgan fingerprint density at radius 3 is 1.00 bits per heavy atom. The van der Waals surface area contributed by atoms with E-state index in [2.05, 4.69) is 24.3 Å². The highest BCUT2D eigenvalue weighted by Gasteiger charge is 2.09. The fourth-order valence-electron chi connectivity index (χ4n) is 3.93. The third kappa shape index (κ3) is 5.40.